The minimum atomic E-state index is -0.431. The van der Waals surface area contributed by atoms with Crippen LogP contribution in [0.2, 0.25) is 0 Å². The fourth-order valence-electron chi connectivity index (χ4n) is 4.68. The molecule has 0 atom stereocenters. The van der Waals surface area contributed by atoms with Crippen LogP contribution in [0.3, 0.4) is 0 Å². The largest absolute Gasteiger partial charge is 0.492 e. The summed E-state index contributed by atoms with van der Waals surface area (Å²) in [7, 11) is 0. The molecule has 1 aliphatic carbocycles. The monoisotopic (exact) mass is 422 g/mol. The van der Waals surface area contributed by atoms with Gasteiger partial charge in [0, 0.05) is 25.3 Å². The van der Waals surface area contributed by atoms with Gasteiger partial charge in [-0.2, -0.15) is 0 Å². The summed E-state index contributed by atoms with van der Waals surface area (Å²) in [5, 5.41) is 3.18. The van der Waals surface area contributed by atoms with Crippen LogP contribution in [0.1, 0.15) is 43.2 Å². The van der Waals surface area contributed by atoms with Crippen molar-refractivity contribution >= 4 is 11.6 Å². The van der Waals surface area contributed by atoms with Crippen molar-refractivity contribution in [2.45, 2.75) is 44.4 Å². The molecule has 2 fully saturated rings. The molecule has 31 heavy (non-hydrogen) atoms. The number of amides is 1. The van der Waals surface area contributed by atoms with Crippen LogP contribution in [-0.4, -0.2) is 50.3 Å². The van der Waals surface area contributed by atoms with Gasteiger partial charge in [0.15, 0.2) is 0 Å². The molecule has 5 nitrogen and oxygen atoms in total. The van der Waals surface area contributed by atoms with E-state index in [-0.39, 0.29) is 5.91 Å². The first kappa shape index (κ1) is 21.8. The molecule has 2 aromatic carbocycles. The second kappa shape index (κ2) is 10.3. The minimum Gasteiger partial charge on any atom is -0.492 e. The molecule has 1 heterocycles. The molecule has 1 saturated heterocycles. The fourth-order valence-corrected chi connectivity index (χ4v) is 4.68. The van der Waals surface area contributed by atoms with Gasteiger partial charge in [0.2, 0.25) is 5.91 Å². The molecule has 2 aromatic rings. The predicted molar refractivity (Wildman–Crippen MR) is 124 cm³/mol. The summed E-state index contributed by atoms with van der Waals surface area (Å²) in [6, 6.07) is 16.2. The van der Waals surface area contributed by atoms with Gasteiger partial charge in [-0.25, -0.2) is 0 Å². The van der Waals surface area contributed by atoms with Gasteiger partial charge in [0.1, 0.15) is 12.4 Å². The number of nitrogens with one attached hydrogen (secondary N) is 1. The van der Waals surface area contributed by atoms with Crippen molar-refractivity contribution in [3.8, 4) is 5.75 Å². The number of ether oxygens (including phenoxy) is 2. The number of nitrogens with zero attached hydrogens (tertiary/aromatic N) is 1. The van der Waals surface area contributed by atoms with Crippen molar-refractivity contribution in [2.24, 2.45) is 0 Å². The van der Waals surface area contributed by atoms with E-state index in [2.05, 4.69) is 41.4 Å². The van der Waals surface area contributed by atoms with Crippen LogP contribution in [0.5, 0.6) is 5.75 Å². The fraction of sp³-hybridized carbons (Fsp3) is 0.500. The molecule has 0 unspecified atom stereocenters. The van der Waals surface area contributed by atoms with E-state index in [1.54, 1.807) is 0 Å². The number of carbonyl (C=O) groups is 1. The van der Waals surface area contributed by atoms with Crippen molar-refractivity contribution in [3.63, 3.8) is 0 Å². The lowest BCUT2D eigenvalue weighted by atomic mass is 9.68. The molecule has 4 rings (SSSR count). The molecule has 0 aromatic heterocycles. The average molecular weight is 423 g/mol. The second-order valence-electron chi connectivity index (χ2n) is 8.79. The summed E-state index contributed by atoms with van der Waals surface area (Å²) in [5.74, 6) is 0.939. The normalized spacial score (nSPS) is 19.0. The van der Waals surface area contributed by atoms with E-state index in [0.717, 1.165) is 75.5 Å². The topological polar surface area (TPSA) is 50.8 Å². The molecular formula is C26H34N2O3. The van der Waals surface area contributed by atoms with E-state index in [1.165, 1.54) is 12.0 Å². The lowest BCUT2D eigenvalue weighted by Crippen LogP contribution is -2.42. The Morgan fingerprint density at radius 3 is 2.35 bits per heavy atom. The zero-order valence-electron chi connectivity index (χ0n) is 18.6. The molecule has 0 bridgehead atoms. The first-order valence-electron chi connectivity index (χ1n) is 11.6. The lowest BCUT2D eigenvalue weighted by Gasteiger charge is -2.36. The van der Waals surface area contributed by atoms with Crippen LogP contribution in [0.25, 0.3) is 0 Å². The van der Waals surface area contributed by atoms with Gasteiger partial charge in [0.25, 0.3) is 0 Å². The van der Waals surface area contributed by atoms with Crippen LogP contribution in [0.4, 0.5) is 5.69 Å². The molecule has 1 amide bonds. The Morgan fingerprint density at radius 2 is 1.68 bits per heavy atom. The Hall–Kier alpha value is -2.37. The maximum Gasteiger partial charge on any atom is 0.235 e. The summed E-state index contributed by atoms with van der Waals surface area (Å²) in [4.78, 5) is 15.8. The lowest BCUT2D eigenvalue weighted by molar-refractivity contribution is -0.122. The van der Waals surface area contributed by atoms with Gasteiger partial charge in [-0.1, -0.05) is 49.1 Å². The van der Waals surface area contributed by atoms with Crippen LogP contribution in [-0.2, 0) is 14.9 Å². The Labute approximate surface area is 185 Å². The Bertz CT molecular complexity index is 836. The number of hydrogen-bond donors (Lipinski definition) is 1. The number of hydrogen-bond acceptors (Lipinski definition) is 4. The van der Waals surface area contributed by atoms with Crippen molar-refractivity contribution < 1.29 is 14.3 Å². The number of morpholine rings is 1. The first-order valence-corrected chi connectivity index (χ1v) is 11.6. The van der Waals surface area contributed by atoms with Crippen LogP contribution < -0.4 is 10.1 Å². The van der Waals surface area contributed by atoms with Crippen LogP contribution in [0.15, 0.2) is 48.5 Å². The van der Waals surface area contributed by atoms with Crippen LogP contribution >= 0.6 is 0 Å². The predicted octanol–water partition coefficient (Wildman–Crippen LogP) is 4.55. The number of rotatable bonds is 7. The smallest absolute Gasteiger partial charge is 0.235 e. The molecule has 1 saturated carbocycles. The Morgan fingerprint density at radius 1 is 1.00 bits per heavy atom. The van der Waals surface area contributed by atoms with E-state index in [4.69, 9.17) is 9.47 Å². The highest BCUT2D eigenvalue weighted by molar-refractivity contribution is 5.99. The molecular weight excluding hydrogens is 388 g/mol. The second-order valence-corrected chi connectivity index (χ2v) is 8.79. The number of carbonyl (C=O) groups excluding carboxylic acids is 1. The van der Waals surface area contributed by atoms with E-state index in [9.17, 15) is 4.79 Å². The van der Waals surface area contributed by atoms with Gasteiger partial charge >= 0.3 is 0 Å². The van der Waals surface area contributed by atoms with E-state index >= 15 is 0 Å². The SMILES string of the molecule is Cc1ccc(C2(C(=O)Nc3ccc(OCCN4CCOCC4)cc3)CCCCC2)cc1. The highest BCUT2D eigenvalue weighted by Crippen LogP contribution is 2.40. The Kier molecular flexibility index (Phi) is 7.25. The average Bonchev–Trinajstić information content (AvgIpc) is 2.82. The van der Waals surface area contributed by atoms with Crippen molar-refractivity contribution in [1.82, 2.24) is 4.90 Å². The molecule has 1 N–H and O–H groups in total. The highest BCUT2D eigenvalue weighted by Gasteiger charge is 2.41. The third-order valence-corrected chi connectivity index (χ3v) is 6.64. The summed E-state index contributed by atoms with van der Waals surface area (Å²) in [5.41, 5.74) is 2.75. The summed E-state index contributed by atoms with van der Waals surface area (Å²) < 4.78 is 11.3. The van der Waals surface area contributed by atoms with Crippen molar-refractivity contribution in [1.29, 1.82) is 0 Å². The van der Waals surface area contributed by atoms with Gasteiger partial charge < -0.3 is 14.8 Å². The van der Waals surface area contributed by atoms with E-state index in [1.807, 2.05) is 24.3 Å². The van der Waals surface area contributed by atoms with Gasteiger partial charge in [-0.3, -0.25) is 9.69 Å². The van der Waals surface area contributed by atoms with Gasteiger partial charge in [-0.05, 0) is 49.6 Å². The zero-order chi connectivity index (χ0) is 21.5. The van der Waals surface area contributed by atoms with Crippen molar-refractivity contribution in [3.05, 3.63) is 59.7 Å². The summed E-state index contributed by atoms with van der Waals surface area (Å²) in [6.45, 7) is 7.19. The summed E-state index contributed by atoms with van der Waals surface area (Å²) >= 11 is 0. The minimum absolute atomic E-state index is 0.108. The zero-order valence-corrected chi connectivity index (χ0v) is 18.6. The number of aryl methyl sites for hydroxylation is 1. The number of benzene rings is 2. The summed E-state index contributed by atoms with van der Waals surface area (Å²) in [6.07, 6.45) is 5.21. The highest BCUT2D eigenvalue weighted by atomic mass is 16.5. The maximum atomic E-state index is 13.4. The molecule has 0 spiro atoms. The van der Waals surface area contributed by atoms with Gasteiger partial charge in [-0.15, -0.1) is 0 Å². The van der Waals surface area contributed by atoms with Gasteiger partial charge in [0.05, 0.1) is 18.6 Å². The molecule has 2 aliphatic rings. The van der Waals surface area contributed by atoms with E-state index in [0.29, 0.717) is 6.61 Å². The molecule has 5 heteroatoms. The maximum absolute atomic E-state index is 13.4. The van der Waals surface area contributed by atoms with Crippen LogP contribution in [0, 0.1) is 6.92 Å². The third kappa shape index (κ3) is 5.46. The molecule has 0 radical (unpaired) electrons. The standard InChI is InChI=1S/C26H34N2O3/c1-21-5-7-22(8-6-21)26(13-3-2-4-14-26)25(29)27-23-9-11-24(12-10-23)31-20-17-28-15-18-30-19-16-28/h5-12H,2-4,13-20H2,1H3,(H,27,29). The quantitative estimate of drug-likeness (QED) is 0.711. The molecule has 1 aliphatic heterocycles. The molecule has 166 valence electrons. The Balaban J connectivity index is 1.36. The number of anilines is 1. The third-order valence-electron chi connectivity index (χ3n) is 6.64. The van der Waals surface area contributed by atoms with Crippen molar-refractivity contribution in [2.75, 3.05) is 44.8 Å². The first-order chi connectivity index (χ1) is 15.2. The van der Waals surface area contributed by atoms with E-state index < -0.39 is 5.41 Å².